The van der Waals surface area contributed by atoms with Crippen LogP contribution in [0, 0.1) is 6.92 Å². The lowest BCUT2D eigenvalue weighted by atomic mass is 10.1. The molecule has 134 valence electrons. The first-order valence-corrected chi connectivity index (χ1v) is 9.37. The molecule has 0 saturated heterocycles. The van der Waals surface area contributed by atoms with E-state index in [9.17, 15) is 18.0 Å². The van der Waals surface area contributed by atoms with Crippen molar-refractivity contribution in [2.24, 2.45) is 0 Å². The molecule has 0 aliphatic carbocycles. The predicted molar refractivity (Wildman–Crippen MR) is 88.9 cm³/mol. The lowest BCUT2D eigenvalue weighted by molar-refractivity contribution is 0.0444. The molecule has 2 rings (SSSR count). The summed E-state index contributed by atoms with van der Waals surface area (Å²) in [5.74, 6) is -0.507. The maximum Gasteiger partial charge on any atom is 0.341 e. The van der Waals surface area contributed by atoms with E-state index in [4.69, 9.17) is 9.15 Å². The Kier molecular flexibility index (Phi) is 5.63. The largest absolute Gasteiger partial charge is 0.465 e. The first-order chi connectivity index (χ1) is 11.7. The molecule has 0 aliphatic heterocycles. The fourth-order valence-electron chi connectivity index (χ4n) is 2.19. The van der Waals surface area contributed by atoms with Gasteiger partial charge < -0.3 is 13.9 Å². The maximum absolute atomic E-state index is 12.0. The van der Waals surface area contributed by atoms with Crippen LogP contribution in [0.4, 0.5) is 0 Å². The molecular weight excluding hydrogens is 348 g/mol. The summed E-state index contributed by atoms with van der Waals surface area (Å²) >= 11 is 0. The zero-order valence-corrected chi connectivity index (χ0v) is 14.9. The average Bonchev–Trinajstić information content (AvgIpc) is 2.92. The SMILES string of the molecule is COC(=O)c1cc(COC(=O)c2ccc(CS(C)(=O)=O)cc2)oc1C. The van der Waals surface area contributed by atoms with Gasteiger partial charge in [-0.15, -0.1) is 0 Å². The number of methoxy groups -OCH3 is 1. The third kappa shape index (κ3) is 5.18. The lowest BCUT2D eigenvalue weighted by Gasteiger charge is -2.04. The molecule has 0 N–H and O–H groups in total. The number of esters is 2. The first-order valence-electron chi connectivity index (χ1n) is 7.31. The van der Waals surface area contributed by atoms with Gasteiger partial charge in [-0.3, -0.25) is 0 Å². The molecule has 25 heavy (non-hydrogen) atoms. The van der Waals surface area contributed by atoms with Crippen molar-refractivity contribution in [3.05, 3.63) is 58.5 Å². The van der Waals surface area contributed by atoms with Gasteiger partial charge in [0.25, 0.3) is 0 Å². The fourth-order valence-corrected chi connectivity index (χ4v) is 2.99. The highest BCUT2D eigenvalue weighted by Crippen LogP contribution is 2.17. The van der Waals surface area contributed by atoms with E-state index in [2.05, 4.69) is 4.74 Å². The number of ether oxygens (including phenoxy) is 2. The van der Waals surface area contributed by atoms with E-state index in [0.29, 0.717) is 17.1 Å². The molecule has 7 nitrogen and oxygen atoms in total. The number of carbonyl (C=O) groups is 2. The van der Waals surface area contributed by atoms with Crippen LogP contribution in [-0.2, 0) is 31.7 Å². The highest BCUT2D eigenvalue weighted by Gasteiger charge is 2.17. The third-order valence-corrected chi connectivity index (χ3v) is 4.20. The highest BCUT2D eigenvalue weighted by molar-refractivity contribution is 7.89. The summed E-state index contributed by atoms with van der Waals surface area (Å²) < 4.78 is 37.6. The predicted octanol–water partition coefficient (Wildman–Crippen LogP) is 2.28. The number of furan rings is 1. The van der Waals surface area contributed by atoms with Crippen LogP contribution in [0.5, 0.6) is 0 Å². The van der Waals surface area contributed by atoms with Gasteiger partial charge in [0, 0.05) is 6.26 Å². The minimum atomic E-state index is -3.13. The van der Waals surface area contributed by atoms with Crippen molar-refractivity contribution in [3.63, 3.8) is 0 Å². The molecule has 0 amide bonds. The highest BCUT2D eigenvalue weighted by atomic mass is 32.2. The summed E-state index contributed by atoms with van der Waals surface area (Å²) in [4.78, 5) is 23.5. The van der Waals surface area contributed by atoms with Gasteiger partial charge in [-0.25, -0.2) is 18.0 Å². The number of sulfone groups is 1. The molecule has 8 heteroatoms. The van der Waals surface area contributed by atoms with Gasteiger partial charge >= 0.3 is 11.9 Å². The van der Waals surface area contributed by atoms with Crippen molar-refractivity contribution >= 4 is 21.8 Å². The normalized spacial score (nSPS) is 11.2. The summed E-state index contributed by atoms with van der Waals surface area (Å²) in [5, 5.41) is 0. The molecule has 1 aromatic carbocycles. The second kappa shape index (κ2) is 7.52. The van der Waals surface area contributed by atoms with Crippen molar-refractivity contribution < 1.29 is 31.9 Å². The van der Waals surface area contributed by atoms with E-state index in [-0.39, 0.29) is 23.5 Å². The first kappa shape index (κ1) is 18.7. The minimum absolute atomic E-state index is 0.0930. The molecule has 0 aliphatic rings. The van der Waals surface area contributed by atoms with Crippen molar-refractivity contribution in [2.45, 2.75) is 19.3 Å². The smallest absolute Gasteiger partial charge is 0.341 e. The molecule has 1 heterocycles. The van der Waals surface area contributed by atoms with Crippen molar-refractivity contribution in [1.29, 1.82) is 0 Å². The number of carbonyl (C=O) groups excluding carboxylic acids is 2. The van der Waals surface area contributed by atoms with Crippen LogP contribution in [0.15, 0.2) is 34.7 Å². The zero-order valence-electron chi connectivity index (χ0n) is 14.1. The Morgan fingerprint density at radius 2 is 1.76 bits per heavy atom. The Bertz CT molecular complexity index is 876. The van der Waals surface area contributed by atoms with Crippen molar-refractivity contribution in [1.82, 2.24) is 0 Å². The molecule has 0 spiro atoms. The Morgan fingerprint density at radius 3 is 2.32 bits per heavy atom. The summed E-state index contributed by atoms with van der Waals surface area (Å²) in [5.41, 5.74) is 1.15. The van der Waals surface area contributed by atoms with Crippen LogP contribution >= 0.6 is 0 Å². The molecule has 0 radical (unpaired) electrons. The van der Waals surface area contributed by atoms with E-state index < -0.39 is 21.8 Å². The Hall–Kier alpha value is -2.61. The lowest BCUT2D eigenvalue weighted by Crippen LogP contribution is -2.06. The van der Waals surface area contributed by atoms with Gasteiger partial charge in [-0.05, 0) is 30.7 Å². The van der Waals surface area contributed by atoms with Gasteiger partial charge in [0.2, 0.25) is 0 Å². The van der Waals surface area contributed by atoms with Crippen molar-refractivity contribution in [2.75, 3.05) is 13.4 Å². The standard InChI is InChI=1S/C17H18O7S/c1-11-15(17(19)22-2)8-14(24-11)9-23-16(18)13-6-4-12(5-7-13)10-25(3,20)21/h4-8H,9-10H2,1-3H3. The molecule has 0 unspecified atom stereocenters. The molecule has 0 fully saturated rings. The van der Waals surface area contributed by atoms with Crippen LogP contribution in [0.2, 0.25) is 0 Å². The number of benzene rings is 1. The number of aryl methyl sites for hydroxylation is 1. The van der Waals surface area contributed by atoms with Crippen LogP contribution in [-0.4, -0.2) is 33.7 Å². The van der Waals surface area contributed by atoms with Crippen LogP contribution in [0.25, 0.3) is 0 Å². The van der Waals surface area contributed by atoms with E-state index in [1.54, 1.807) is 19.1 Å². The summed E-state index contributed by atoms with van der Waals surface area (Å²) in [6.45, 7) is 1.47. The Morgan fingerprint density at radius 1 is 1.12 bits per heavy atom. The quantitative estimate of drug-likeness (QED) is 0.723. The van der Waals surface area contributed by atoms with Crippen LogP contribution in [0.3, 0.4) is 0 Å². The minimum Gasteiger partial charge on any atom is -0.465 e. The van der Waals surface area contributed by atoms with Gasteiger partial charge in [-0.2, -0.15) is 0 Å². The zero-order chi connectivity index (χ0) is 18.6. The van der Waals surface area contributed by atoms with Gasteiger partial charge in [0.05, 0.1) is 18.4 Å². The summed E-state index contributed by atoms with van der Waals surface area (Å²) in [6.07, 6.45) is 1.14. The molecule has 0 atom stereocenters. The number of hydrogen-bond donors (Lipinski definition) is 0. The summed E-state index contributed by atoms with van der Waals surface area (Å²) in [6, 6.07) is 7.57. The number of rotatable bonds is 6. The van der Waals surface area contributed by atoms with Gasteiger partial charge in [0.15, 0.2) is 9.84 Å². The molecule has 2 aromatic rings. The molecular formula is C17H18O7S. The van der Waals surface area contributed by atoms with Crippen molar-refractivity contribution in [3.8, 4) is 0 Å². The van der Waals surface area contributed by atoms with E-state index in [1.807, 2.05) is 0 Å². The third-order valence-electron chi connectivity index (χ3n) is 3.34. The van der Waals surface area contributed by atoms with Crippen LogP contribution < -0.4 is 0 Å². The topological polar surface area (TPSA) is 99.9 Å². The van der Waals surface area contributed by atoms with E-state index >= 15 is 0 Å². The molecule has 0 bridgehead atoms. The van der Waals surface area contributed by atoms with E-state index in [1.165, 1.54) is 25.3 Å². The maximum atomic E-state index is 12.0. The number of hydrogen-bond acceptors (Lipinski definition) is 7. The Labute approximate surface area is 145 Å². The second-order valence-electron chi connectivity index (χ2n) is 5.52. The molecule has 0 saturated carbocycles. The molecule has 1 aromatic heterocycles. The average molecular weight is 366 g/mol. The van der Waals surface area contributed by atoms with Gasteiger partial charge in [-0.1, -0.05) is 12.1 Å². The monoisotopic (exact) mass is 366 g/mol. The van der Waals surface area contributed by atoms with Crippen LogP contribution in [0.1, 0.15) is 37.8 Å². The van der Waals surface area contributed by atoms with E-state index in [0.717, 1.165) is 6.26 Å². The van der Waals surface area contributed by atoms with Gasteiger partial charge in [0.1, 0.15) is 23.7 Å². The second-order valence-corrected chi connectivity index (χ2v) is 7.66. The fraction of sp³-hybridized carbons (Fsp3) is 0.294. The summed E-state index contributed by atoms with van der Waals surface area (Å²) in [7, 11) is -1.87. The Balaban J connectivity index is 1.99.